The van der Waals surface area contributed by atoms with Crippen molar-refractivity contribution in [2.45, 2.75) is 78.6 Å². The number of fused-ring (bicyclic) bond motifs is 10. The van der Waals surface area contributed by atoms with Crippen molar-refractivity contribution in [3.63, 3.8) is 0 Å². The Bertz CT molecular complexity index is 4680. The second-order valence-corrected chi connectivity index (χ2v) is 25.2. The van der Waals surface area contributed by atoms with E-state index in [1.165, 1.54) is 27.8 Å². The first-order valence-electron chi connectivity index (χ1n) is 28.9. The van der Waals surface area contributed by atoms with E-state index in [4.69, 9.17) is 9.72 Å². The molecule has 0 bridgehead atoms. The van der Waals surface area contributed by atoms with Gasteiger partial charge in [-0.15, -0.1) is 29.7 Å². The van der Waals surface area contributed by atoms with E-state index < -0.39 is 0 Å². The molecule has 10 aromatic carbocycles. The number of rotatable bonds is 7. The first-order chi connectivity index (χ1) is 40.1. The molecule has 0 fully saturated rings. The summed E-state index contributed by atoms with van der Waals surface area (Å²) in [6, 6.07) is 86.7. The van der Waals surface area contributed by atoms with Crippen LogP contribution in [0.15, 0.2) is 225 Å². The fraction of sp³-hybridized carbons (Fsp3) is 0.154. The molecule has 1 aliphatic heterocycles. The third-order valence-corrected chi connectivity index (χ3v) is 16.7. The summed E-state index contributed by atoms with van der Waals surface area (Å²) in [7, 11) is 0. The Kier molecular flexibility index (Phi) is 13.4. The number of imidazole rings is 1. The number of benzene rings is 10. The van der Waals surface area contributed by atoms with Crippen LogP contribution in [0, 0.1) is 18.5 Å². The molecule has 84 heavy (non-hydrogen) atoms. The Morgan fingerprint density at radius 1 is 0.417 bits per heavy atom. The number of hydrogen-bond acceptors (Lipinski definition) is 2. The summed E-state index contributed by atoms with van der Waals surface area (Å²) < 4.78 is 13.7. The Balaban J connectivity index is 0.00000658. The fourth-order valence-electron chi connectivity index (χ4n) is 12.3. The Hall–Kier alpha value is -8.89. The van der Waals surface area contributed by atoms with Crippen LogP contribution < -0.4 is 9.30 Å². The molecule has 3 aromatic heterocycles. The van der Waals surface area contributed by atoms with E-state index in [0.29, 0.717) is 11.5 Å². The van der Waals surface area contributed by atoms with Crippen LogP contribution in [0.25, 0.3) is 117 Å². The topological polar surface area (TPSA) is 35.9 Å². The van der Waals surface area contributed by atoms with Crippen molar-refractivity contribution >= 4 is 32.8 Å². The Labute approximate surface area is 507 Å². The van der Waals surface area contributed by atoms with Gasteiger partial charge in [-0.25, -0.2) is 4.98 Å². The minimum absolute atomic E-state index is 0. The molecule has 0 atom stereocenters. The third kappa shape index (κ3) is 9.40. The van der Waals surface area contributed by atoms with Gasteiger partial charge in [-0.3, -0.25) is 4.57 Å². The van der Waals surface area contributed by atoms with E-state index in [9.17, 15) is 0 Å². The molecule has 414 valence electrons. The van der Waals surface area contributed by atoms with Gasteiger partial charge in [-0.05, 0) is 129 Å². The molecular weight excluding hydrogens is 1200 g/mol. The molecular formula is C78H64N4OPt-2. The van der Waals surface area contributed by atoms with Gasteiger partial charge in [0.25, 0.3) is 6.33 Å². The van der Waals surface area contributed by atoms with E-state index in [2.05, 4.69) is 301 Å². The molecule has 0 saturated carbocycles. The van der Waals surface area contributed by atoms with Crippen LogP contribution in [0.2, 0.25) is 0 Å². The summed E-state index contributed by atoms with van der Waals surface area (Å²) in [6.07, 6.45) is 6.01. The van der Waals surface area contributed by atoms with Gasteiger partial charge in [0.05, 0.1) is 16.7 Å². The smallest absolute Gasteiger partial charge is 0.268 e. The summed E-state index contributed by atoms with van der Waals surface area (Å²) >= 11 is 0. The van der Waals surface area contributed by atoms with Gasteiger partial charge in [-0.1, -0.05) is 238 Å². The first kappa shape index (κ1) is 54.4. The van der Waals surface area contributed by atoms with Gasteiger partial charge in [0, 0.05) is 44.3 Å². The van der Waals surface area contributed by atoms with Crippen molar-refractivity contribution in [2.24, 2.45) is 0 Å². The second kappa shape index (κ2) is 20.8. The normalized spacial score (nSPS) is 12.2. The predicted molar refractivity (Wildman–Crippen MR) is 342 cm³/mol. The number of aromatic nitrogens is 4. The number of pyridine rings is 1. The fourth-order valence-corrected chi connectivity index (χ4v) is 12.3. The van der Waals surface area contributed by atoms with Crippen LogP contribution in [-0.4, -0.2) is 14.1 Å². The molecule has 1 aliphatic rings. The number of hydrogen-bond donors (Lipinski definition) is 0. The minimum atomic E-state index is -0.0731. The van der Waals surface area contributed by atoms with Crippen LogP contribution in [0.4, 0.5) is 0 Å². The van der Waals surface area contributed by atoms with E-state index in [-0.39, 0.29) is 37.3 Å². The van der Waals surface area contributed by atoms with E-state index in [0.717, 1.165) is 106 Å². The standard InChI is InChI=1S/C78H64N4O.Pt/c1-76(2,3)52-41-42-79-72(46-52)82-70-36-20-19-33-65(70)66-38-37-57(48-71(66)82)83-56-26-21-25-55(47-56)80-49-81-73-59(50-23-11-10-12-24-50)34-22-35-67(73)63-31-17-15-29-61(63)62-30-16-18-32-64(62)69-40-39-68(74(80)75(69)81)60-28-14-13-27-58(60)51-43-53(77(4,5)6)45-54(44-51)78(7,8)9;/h10-46H,1-9H3;/q-2;. The minimum Gasteiger partial charge on any atom is -0.510 e. The molecule has 0 amide bonds. The van der Waals surface area contributed by atoms with Crippen LogP contribution in [0.1, 0.15) is 79.0 Å². The maximum atomic E-state index is 6.96. The monoisotopic (exact) mass is 1270 g/mol. The zero-order chi connectivity index (χ0) is 56.9. The van der Waals surface area contributed by atoms with Crippen molar-refractivity contribution in [1.29, 1.82) is 0 Å². The van der Waals surface area contributed by atoms with Crippen LogP contribution >= 0.6 is 0 Å². The van der Waals surface area contributed by atoms with Gasteiger partial charge in [0.1, 0.15) is 5.82 Å². The summed E-state index contributed by atoms with van der Waals surface area (Å²) in [5.41, 5.74) is 22.9. The molecule has 4 heterocycles. The molecule has 0 radical (unpaired) electrons. The van der Waals surface area contributed by atoms with Crippen LogP contribution in [0.5, 0.6) is 11.5 Å². The first-order valence-corrected chi connectivity index (χ1v) is 28.9. The average Bonchev–Trinajstić information content (AvgIpc) is 2.53. The van der Waals surface area contributed by atoms with E-state index in [1.807, 2.05) is 18.3 Å². The zero-order valence-corrected chi connectivity index (χ0v) is 51.1. The average molecular weight is 1270 g/mol. The molecule has 0 N–H and O–H groups in total. The summed E-state index contributed by atoms with van der Waals surface area (Å²) in [5, 5.41) is 2.20. The second-order valence-electron chi connectivity index (χ2n) is 25.2. The van der Waals surface area contributed by atoms with Crippen LogP contribution in [0.3, 0.4) is 0 Å². The number of para-hydroxylation sites is 2. The van der Waals surface area contributed by atoms with Crippen LogP contribution in [-0.2, 0) is 37.3 Å². The largest absolute Gasteiger partial charge is 0.510 e. The van der Waals surface area contributed by atoms with Gasteiger partial charge in [-0.2, -0.15) is 18.2 Å². The molecule has 0 spiro atoms. The predicted octanol–water partition coefficient (Wildman–Crippen LogP) is 19.8. The molecule has 14 rings (SSSR count). The SMILES string of the molecule is CC(C)(C)c1cc(-c2ccccc2-c2ccc3c4c2n(-c2[c-]c(Oc5[c-]c6c(cc5)c5ccccc5n6-c5cc(C(C)(C)C)ccn5)ccc2)[c-][n+]4-c2c(-c4ccccc4)cccc2-c2ccccc2-c2ccccc2-3)cc(C(C)(C)C)c1.[Pt]. The number of nitrogens with zero attached hydrogens (tertiary/aromatic N) is 4. The quantitative estimate of drug-likeness (QED) is 0.118. The maximum absolute atomic E-state index is 6.96. The van der Waals surface area contributed by atoms with Crippen molar-refractivity contribution in [3.05, 3.63) is 260 Å². The maximum Gasteiger partial charge on any atom is 0.268 e. The van der Waals surface area contributed by atoms with Crippen molar-refractivity contribution in [2.75, 3.05) is 0 Å². The molecule has 6 heteroatoms. The summed E-state index contributed by atoms with van der Waals surface area (Å²) in [6.45, 7) is 20.6. The summed E-state index contributed by atoms with van der Waals surface area (Å²) in [4.78, 5) is 4.94. The zero-order valence-electron chi connectivity index (χ0n) is 48.9. The van der Waals surface area contributed by atoms with Gasteiger partial charge >= 0.3 is 0 Å². The molecule has 0 saturated heterocycles. The van der Waals surface area contributed by atoms with Gasteiger partial charge < -0.3 is 13.9 Å². The Morgan fingerprint density at radius 3 is 1.64 bits per heavy atom. The summed E-state index contributed by atoms with van der Waals surface area (Å²) in [5.74, 6) is 1.96. The molecule has 0 unspecified atom stereocenters. The molecule has 13 aromatic rings. The van der Waals surface area contributed by atoms with Crippen molar-refractivity contribution in [1.82, 2.24) is 14.1 Å². The van der Waals surface area contributed by atoms with Crippen molar-refractivity contribution < 1.29 is 30.4 Å². The van der Waals surface area contributed by atoms with E-state index >= 15 is 0 Å². The van der Waals surface area contributed by atoms with Crippen molar-refractivity contribution in [3.8, 4) is 95.5 Å². The Morgan fingerprint density at radius 2 is 0.964 bits per heavy atom. The molecule has 5 nitrogen and oxygen atoms in total. The van der Waals surface area contributed by atoms with Gasteiger partial charge in [0.15, 0.2) is 0 Å². The molecule has 0 aliphatic carbocycles. The van der Waals surface area contributed by atoms with Gasteiger partial charge in [0.2, 0.25) is 0 Å². The third-order valence-electron chi connectivity index (χ3n) is 16.7. The number of ether oxygens (including phenoxy) is 1. The van der Waals surface area contributed by atoms with E-state index in [1.54, 1.807) is 0 Å².